The van der Waals surface area contributed by atoms with Crippen molar-refractivity contribution in [3.05, 3.63) is 546 Å². The van der Waals surface area contributed by atoms with Crippen molar-refractivity contribution in [2.24, 2.45) is 0 Å². The fraction of sp³-hybridized carbons (Fsp3) is 0. The third-order valence-corrected chi connectivity index (χ3v) is 29.3. The molecule has 1 radical (unpaired) electrons. The van der Waals surface area contributed by atoms with Gasteiger partial charge in [-0.3, -0.25) is 4.98 Å². The summed E-state index contributed by atoms with van der Waals surface area (Å²) in [5.74, 6) is 0.839. The second-order valence-corrected chi connectivity index (χ2v) is 37.4. The van der Waals surface area contributed by atoms with Gasteiger partial charge in [-0.05, 0) is 241 Å². The lowest BCUT2D eigenvalue weighted by Crippen LogP contribution is -2.10. The van der Waals surface area contributed by atoms with Gasteiger partial charge in [0.15, 0.2) is 0 Å². The minimum absolute atomic E-state index is 0.839. The third kappa shape index (κ3) is 14.8. The summed E-state index contributed by atoms with van der Waals surface area (Å²) in [6, 6.07) is 194. The summed E-state index contributed by atoms with van der Waals surface area (Å²) in [5.41, 5.74) is 34.1. The van der Waals surface area contributed by atoms with Crippen molar-refractivity contribution in [2.75, 3.05) is 4.90 Å². The highest BCUT2D eigenvalue weighted by molar-refractivity contribution is 6.16. The number of rotatable bonds is 13. The van der Waals surface area contributed by atoms with Crippen LogP contribution in [0, 0.1) is 0 Å². The van der Waals surface area contributed by atoms with Gasteiger partial charge >= 0.3 is 16.6 Å². The van der Waals surface area contributed by atoms with Gasteiger partial charge in [0.2, 0.25) is 0 Å². The topological polar surface area (TPSA) is 59.9 Å². The average molecular weight is 1880 g/mol. The van der Waals surface area contributed by atoms with Crippen molar-refractivity contribution in [3.8, 4) is 67.8 Å². The monoisotopic (exact) mass is 1880 g/mol. The Labute approximate surface area is 850 Å². The highest BCUT2D eigenvalue weighted by Crippen LogP contribution is 2.45. The maximum atomic E-state index is 5.19. The highest BCUT2D eigenvalue weighted by atomic mass is 27.1. The predicted molar refractivity (Wildman–Crippen MR) is 615 cm³/mol. The zero-order valence-electron chi connectivity index (χ0n) is 79.6. The molecule has 0 fully saturated rings. The van der Waals surface area contributed by atoms with Crippen molar-refractivity contribution in [2.45, 2.75) is 0 Å². The summed E-state index contributed by atoms with van der Waals surface area (Å²) in [6.45, 7) is 0. The molecule has 0 unspecified atom stereocenters. The Balaban J connectivity index is 0.000000105. The van der Waals surface area contributed by atoms with E-state index < -0.39 is 0 Å². The van der Waals surface area contributed by atoms with Crippen molar-refractivity contribution >= 4 is 197 Å². The quantitative estimate of drug-likeness (QED) is 0.108. The smallest absolute Gasteiger partial charge is 0.494 e. The van der Waals surface area contributed by atoms with Gasteiger partial charge in [0.25, 0.3) is 0 Å². The fourth-order valence-corrected chi connectivity index (χ4v) is 22.8. The molecule has 8 heterocycles. The van der Waals surface area contributed by atoms with Crippen LogP contribution in [0.25, 0.3) is 226 Å². The zero-order valence-corrected chi connectivity index (χ0v) is 81.0. The summed E-state index contributed by atoms with van der Waals surface area (Å²) in [7, 11) is 0. The SMILES string of the molecule is [AlH][O]c1cccc2cccnc12.c1cc(-c2cccc(-n3c4ccccc4c4ccccc43)c2)cc(-n2c3ccccc3c3ccccc32)c1.c1ccc2c(c1)c1ccccc1n2-c1ccc(-c2ccc(-n3c4ccccc4c4ccccc43)cc2)cc1.c1ccc2c(c1)c1ccccc1n2-c1ccc(N(c2ccc(-n3c4ccccc4c4ccccc43)cc2)c2ccc(-n3c4ccccc4c4ccccc43)cc2)cc1. The highest BCUT2D eigenvalue weighted by Gasteiger charge is 2.23. The van der Waals surface area contributed by atoms with E-state index in [0.29, 0.717) is 0 Å². The number of hydrogen-bond donors (Lipinski definition) is 0. The van der Waals surface area contributed by atoms with Gasteiger partial charge in [0.1, 0.15) is 11.3 Å². The zero-order chi connectivity index (χ0) is 96.7. The molecule has 0 aliphatic heterocycles. The van der Waals surface area contributed by atoms with Gasteiger partial charge in [0, 0.05) is 144 Å². The van der Waals surface area contributed by atoms with Crippen molar-refractivity contribution in [1.82, 2.24) is 37.0 Å². The van der Waals surface area contributed by atoms with Crippen LogP contribution in [-0.2, 0) is 0 Å². The molecular weight excluding hydrogens is 1790 g/mol. The minimum Gasteiger partial charge on any atom is -0.649 e. The van der Waals surface area contributed by atoms with Gasteiger partial charge in [0.05, 0.1) is 77.2 Å². The Kier molecular flexibility index (Phi) is 21.6. The fourth-order valence-electron chi connectivity index (χ4n) is 22.6. The molecule has 10 nitrogen and oxygen atoms in total. The Hall–Kier alpha value is -19.0. The molecule has 8 aromatic heterocycles. The van der Waals surface area contributed by atoms with E-state index in [4.69, 9.17) is 3.79 Å². The molecule has 0 aliphatic carbocycles. The first-order chi connectivity index (χ1) is 72.4. The third-order valence-electron chi connectivity index (χ3n) is 29.0. The molecule has 146 heavy (non-hydrogen) atoms. The Morgan fingerprint density at radius 1 is 0.164 bits per heavy atom. The lowest BCUT2D eigenvalue weighted by molar-refractivity contribution is 0.622. The van der Waals surface area contributed by atoms with E-state index in [2.05, 4.69) is 551 Å². The van der Waals surface area contributed by atoms with Crippen molar-refractivity contribution in [1.29, 1.82) is 0 Å². The molecule has 0 bridgehead atoms. The molecule has 30 aromatic rings. The molecule has 22 aromatic carbocycles. The normalized spacial score (nSPS) is 11.6. The molecule has 0 amide bonds. The minimum atomic E-state index is 0.839. The van der Waals surface area contributed by atoms with Gasteiger partial charge in [-0.2, -0.15) is 0 Å². The second-order valence-electron chi connectivity index (χ2n) is 37.1. The molecule has 11 heteroatoms. The van der Waals surface area contributed by atoms with Crippen molar-refractivity contribution < 1.29 is 3.79 Å². The van der Waals surface area contributed by atoms with Crippen LogP contribution in [0.15, 0.2) is 546 Å². The molecule has 0 spiro atoms. The standard InChI is InChI=1S/C54H36N4.2C36H24N2.C9H7NO.Al.H/c1-7-19-49-43(13-1)44-14-2-8-20-50(44)56(49)40-31-25-37(26-32-40)55(38-27-33-41(34-28-38)57-51-21-9-3-15-45(51)46-16-4-10-22-52(46)57)39-29-35-42(36-30-39)58-53-23-11-5-17-47(53)48-18-6-12-24-54(48)58;1-5-19-33-29(15-1)30-16-2-6-20-34(30)37(33)27-13-9-11-25(23-27)26-12-10-14-28(24-26)38-35-21-7-3-17-31(35)32-18-4-8-22-36(32)38;1-5-13-33-29(9-1)30-10-2-6-14-34(30)37(33)27-21-17-25(18-22-27)26-19-23-28(24-20-26)38-35-15-7-3-11-31(35)32-12-4-8-16-36(32)38;11-8-5-1-3-7-4-2-6-10-9(7)8;;/h1-36H;2*1-24H;1-6,11H;;/q;;;;+1;/p-1. The number of fused-ring (bicyclic) bond motifs is 22. The van der Waals surface area contributed by atoms with Gasteiger partial charge in [-0.1, -0.05) is 322 Å². The summed E-state index contributed by atoms with van der Waals surface area (Å²) >= 11 is 1.47. The Morgan fingerprint density at radius 2 is 0.356 bits per heavy atom. The lowest BCUT2D eigenvalue weighted by Gasteiger charge is -2.26. The van der Waals surface area contributed by atoms with Gasteiger partial charge < -0.3 is 40.7 Å². The first-order valence-electron chi connectivity index (χ1n) is 49.6. The van der Waals surface area contributed by atoms with E-state index in [0.717, 1.165) is 50.8 Å². The first-order valence-corrected chi connectivity index (χ1v) is 50.2. The van der Waals surface area contributed by atoms with Crippen LogP contribution < -0.4 is 8.69 Å². The molecule has 0 aliphatic rings. The first kappa shape index (κ1) is 86.1. The van der Waals surface area contributed by atoms with Crippen LogP contribution in [0.2, 0.25) is 0 Å². The number of hydrogen-bond acceptors (Lipinski definition) is 3. The molecule has 0 N–H and O–H groups in total. The number of aromatic nitrogens is 8. The van der Waals surface area contributed by atoms with E-state index >= 15 is 0 Å². The average Bonchev–Trinajstić information content (AvgIpc) is 1.60. The maximum Gasteiger partial charge on any atom is 0.494 e. The van der Waals surface area contributed by atoms with Crippen LogP contribution in [0.4, 0.5) is 17.1 Å². The molecule has 0 saturated heterocycles. The summed E-state index contributed by atoms with van der Waals surface area (Å²) in [5, 5.41) is 18.9. The molecule has 0 saturated carbocycles. The Morgan fingerprint density at radius 3 is 0.575 bits per heavy atom. The van der Waals surface area contributed by atoms with Gasteiger partial charge in [-0.25, -0.2) is 0 Å². The predicted octanol–water partition coefficient (Wildman–Crippen LogP) is 35.0. The van der Waals surface area contributed by atoms with E-state index in [1.165, 1.54) is 214 Å². The lowest BCUT2D eigenvalue weighted by atomic mass is 10.0. The number of benzene rings is 22. The molecule has 685 valence electrons. The summed E-state index contributed by atoms with van der Waals surface area (Å²) < 4.78 is 21.8. The van der Waals surface area contributed by atoms with Crippen LogP contribution in [0.1, 0.15) is 0 Å². The van der Waals surface area contributed by atoms with Crippen LogP contribution in [0.3, 0.4) is 0 Å². The van der Waals surface area contributed by atoms with E-state index in [1.54, 1.807) is 6.20 Å². The number of nitrogens with zero attached hydrogens (tertiary/aromatic N) is 9. The molecule has 0 atom stereocenters. The number of para-hydroxylation sites is 15. The van der Waals surface area contributed by atoms with E-state index in [9.17, 15) is 0 Å². The van der Waals surface area contributed by atoms with Crippen LogP contribution in [0.5, 0.6) is 5.75 Å². The Bertz CT molecular complexity index is 9200. The number of anilines is 3. The van der Waals surface area contributed by atoms with E-state index in [1.807, 2.05) is 30.3 Å². The van der Waals surface area contributed by atoms with Gasteiger partial charge in [-0.15, -0.1) is 0 Å². The maximum absolute atomic E-state index is 5.19. The largest absolute Gasteiger partial charge is 0.649 e. The van der Waals surface area contributed by atoms with Crippen molar-refractivity contribution in [3.63, 3.8) is 0 Å². The van der Waals surface area contributed by atoms with Crippen LogP contribution >= 0.6 is 0 Å². The van der Waals surface area contributed by atoms with Crippen LogP contribution in [-0.4, -0.2) is 53.6 Å². The van der Waals surface area contributed by atoms with E-state index in [-0.39, 0.29) is 0 Å². The number of pyridine rings is 1. The second kappa shape index (κ2) is 36.6. The summed E-state index contributed by atoms with van der Waals surface area (Å²) in [6.07, 6.45) is 1.77. The summed E-state index contributed by atoms with van der Waals surface area (Å²) in [4.78, 5) is 6.59. The molecule has 30 rings (SSSR count). The molecular formula is C135H91AlN9O.